The lowest BCUT2D eigenvalue weighted by molar-refractivity contribution is 0.0603. The first-order valence-corrected chi connectivity index (χ1v) is 7.38. The summed E-state index contributed by atoms with van der Waals surface area (Å²) < 4.78 is 5.91. The van der Waals surface area contributed by atoms with Crippen molar-refractivity contribution in [3.05, 3.63) is 29.8 Å². The van der Waals surface area contributed by atoms with E-state index in [4.69, 9.17) is 4.74 Å². The summed E-state index contributed by atoms with van der Waals surface area (Å²) in [7, 11) is 0. The van der Waals surface area contributed by atoms with Gasteiger partial charge in [-0.05, 0) is 56.8 Å². The SMILES string of the molecule is CCCNC(C)c1cccc(OC2CCCC2O)c1. The summed E-state index contributed by atoms with van der Waals surface area (Å²) in [5, 5.41) is 13.3. The standard InChI is InChI=1S/C16H25NO2/c1-3-10-17-12(2)13-6-4-7-14(11-13)19-16-9-5-8-15(16)18/h4,6-7,11-12,15-18H,3,5,8-10H2,1-2H3. The molecule has 0 bridgehead atoms. The molecular formula is C16H25NO2. The molecule has 3 atom stereocenters. The summed E-state index contributed by atoms with van der Waals surface area (Å²) in [5.41, 5.74) is 1.23. The average Bonchev–Trinajstić information content (AvgIpc) is 2.82. The Morgan fingerprint density at radius 3 is 2.95 bits per heavy atom. The predicted octanol–water partition coefficient (Wildman–Crippen LogP) is 3.04. The first-order valence-electron chi connectivity index (χ1n) is 7.38. The van der Waals surface area contributed by atoms with Crippen LogP contribution >= 0.6 is 0 Å². The first-order chi connectivity index (χ1) is 9.20. The molecule has 3 heteroatoms. The third kappa shape index (κ3) is 3.95. The van der Waals surface area contributed by atoms with E-state index >= 15 is 0 Å². The second-order valence-electron chi connectivity index (χ2n) is 5.40. The number of hydrogen-bond donors (Lipinski definition) is 2. The van der Waals surface area contributed by atoms with E-state index in [9.17, 15) is 5.11 Å². The topological polar surface area (TPSA) is 41.5 Å². The smallest absolute Gasteiger partial charge is 0.124 e. The third-order valence-electron chi connectivity index (χ3n) is 3.76. The summed E-state index contributed by atoms with van der Waals surface area (Å²) in [6, 6.07) is 8.53. The molecule has 0 radical (unpaired) electrons. The van der Waals surface area contributed by atoms with Gasteiger partial charge in [0.1, 0.15) is 11.9 Å². The van der Waals surface area contributed by atoms with Gasteiger partial charge in [0.15, 0.2) is 0 Å². The van der Waals surface area contributed by atoms with Gasteiger partial charge in [-0.1, -0.05) is 19.1 Å². The lowest BCUT2D eigenvalue weighted by Crippen LogP contribution is -2.25. The van der Waals surface area contributed by atoms with Crippen molar-refractivity contribution in [2.45, 2.75) is 57.8 Å². The summed E-state index contributed by atoms with van der Waals surface area (Å²) in [6.45, 7) is 5.35. The van der Waals surface area contributed by atoms with Crippen LogP contribution in [0.2, 0.25) is 0 Å². The maximum Gasteiger partial charge on any atom is 0.124 e. The zero-order valence-electron chi connectivity index (χ0n) is 11.9. The third-order valence-corrected chi connectivity index (χ3v) is 3.76. The van der Waals surface area contributed by atoms with Crippen molar-refractivity contribution in [1.82, 2.24) is 5.32 Å². The minimum atomic E-state index is -0.306. The Kier molecular flexibility index (Phi) is 5.23. The van der Waals surface area contributed by atoms with Gasteiger partial charge in [-0.15, -0.1) is 0 Å². The van der Waals surface area contributed by atoms with E-state index in [1.165, 1.54) is 5.56 Å². The van der Waals surface area contributed by atoms with Gasteiger partial charge in [-0.3, -0.25) is 0 Å². The fourth-order valence-corrected chi connectivity index (χ4v) is 2.55. The van der Waals surface area contributed by atoms with E-state index in [0.717, 1.165) is 38.0 Å². The summed E-state index contributed by atoms with van der Waals surface area (Å²) >= 11 is 0. The molecule has 0 heterocycles. The molecule has 0 spiro atoms. The van der Waals surface area contributed by atoms with Crippen molar-refractivity contribution in [3.8, 4) is 5.75 Å². The van der Waals surface area contributed by atoms with Crippen LogP contribution in [-0.2, 0) is 0 Å². The quantitative estimate of drug-likeness (QED) is 0.829. The summed E-state index contributed by atoms with van der Waals surface area (Å²) in [6.07, 6.45) is 3.66. The molecule has 1 aromatic rings. The highest BCUT2D eigenvalue weighted by Gasteiger charge is 2.26. The monoisotopic (exact) mass is 263 g/mol. The van der Waals surface area contributed by atoms with Gasteiger partial charge in [0, 0.05) is 6.04 Å². The molecule has 106 valence electrons. The normalized spacial score (nSPS) is 24.4. The lowest BCUT2D eigenvalue weighted by Gasteiger charge is -2.19. The number of aliphatic hydroxyl groups excluding tert-OH is 1. The molecule has 1 fully saturated rings. The van der Waals surface area contributed by atoms with Crippen LogP contribution in [0.3, 0.4) is 0 Å². The van der Waals surface area contributed by atoms with Gasteiger partial charge in [0.2, 0.25) is 0 Å². The molecule has 0 saturated heterocycles. The molecule has 2 rings (SSSR count). The number of ether oxygens (including phenoxy) is 1. The minimum absolute atomic E-state index is 0.0332. The zero-order chi connectivity index (χ0) is 13.7. The summed E-state index contributed by atoms with van der Waals surface area (Å²) in [5.74, 6) is 0.869. The van der Waals surface area contributed by atoms with E-state index in [1.54, 1.807) is 0 Å². The predicted molar refractivity (Wildman–Crippen MR) is 77.4 cm³/mol. The number of nitrogens with one attached hydrogen (secondary N) is 1. The highest BCUT2D eigenvalue weighted by molar-refractivity contribution is 5.30. The molecule has 19 heavy (non-hydrogen) atoms. The van der Waals surface area contributed by atoms with Gasteiger partial charge in [-0.2, -0.15) is 0 Å². The van der Waals surface area contributed by atoms with Crippen molar-refractivity contribution < 1.29 is 9.84 Å². The molecular weight excluding hydrogens is 238 g/mol. The van der Waals surface area contributed by atoms with Crippen molar-refractivity contribution in [1.29, 1.82) is 0 Å². The fourth-order valence-electron chi connectivity index (χ4n) is 2.55. The Labute approximate surface area is 116 Å². The van der Waals surface area contributed by atoms with Crippen molar-refractivity contribution in [2.75, 3.05) is 6.54 Å². The van der Waals surface area contributed by atoms with Gasteiger partial charge in [0.25, 0.3) is 0 Å². The van der Waals surface area contributed by atoms with Crippen molar-refractivity contribution in [2.24, 2.45) is 0 Å². The Morgan fingerprint density at radius 1 is 1.42 bits per heavy atom. The largest absolute Gasteiger partial charge is 0.488 e. The van der Waals surface area contributed by atoms with Gasteiger partial charge in [0.05, 0.1) is 6.10 Å². The maximum absolute atomic E-state index is 9.81. The van der Waals surface area contributed by atoms with Crippen LogP contribution in [0.25, 0.3) is 0 Å². The first kappa shape index (κ1) is 14.4. The second-order valence-corrected chi connectivity index (χ2v) is 5.40. The highest BCUT2D eigenvalue weighted by atomic mass is 16.5. The van der Waals surface area contributed by atoms with E-state index in [1.807, 2.05) is 12.1 Å². The van der Waals surface area contributed by atoms with E-state index in [-0.39, 0.29) is 12.2 Å². The molecule has 1 saturated carbocycles. The molecule has 0 amide bonds. The van der Waals surface area contributed by atoms with Gasteiger partial charge >= 0.3 is 0 Å². The Hall–Kier alpha value is -1.06. The van der Waals surface area contributed by atoms with Crippen LogP contribution in [0, 0.1) is 0 Å². The average molecular weight is 263 g/mol. The number of hydrogen-bond acceptors (Lipinski definition) is 3. The Bertz CT molecular complexity index is 394. The number of rotatable bonds is 6. The van der Waals surface area contributed by atoms with E-state index < -0.39 is 0 Å². The molecule has 2 N–H and O–H groups in total. The van der Waals surface area contributed by atoms with Crippen LogP contribution in [0.15, 0.2) is 24.3 Å². The van der Waals surface area contributed by atoms with Crippen LogP contribution < -0.4 is 10.1 Å². The fraction of sp³-hybridized carbons (Fsp3) is 0.625. The second kappa shape index (κ2) is 6.92. The number of benzene rings is 1. The molecule has 1 aliphatic carbocycles. The van der Waals surface area contributed by atoms with Crippen LogP contribution in [0.1, 0.15) is 51.1 Å². The van der Waals surface area contributed by atoms with Gasteiger partial charge in [-0.25, -0.2) is 0 Å². The van der Waals surface area contributed by atoms with Crippen LogP contribution in [-0.4, -0.2) is 23.9 Å². The molecule has 1 aliphatic rings. The Balaban J connectivity index is 1.98. The molecule has 0 aliphatic heterocycles. The molecule has 3 nitrogen and oxygen atoms in total. The van der Waals surface area contributed by atoms with E-state index in [0.29, 0.717) is 6.04 Å². The van der Waals surface area contributed by atoms with Crippen LogP contribution in [0.5, 0.6) is 5.75 Å². The Morgan fingerprint density at radius 2 is 2.26 bits per heavy atom. The summed E-state index contributed by atoms with van der Waals surface area (Å²) in [4.78, 5) is 0. The van der Waals surface area contributed by atoms with Gasteiger partial charge < -0.3 is 15.2 Å². The zero-order valence-corrected chi connectivity index (χ0v) is 11.9. The van der Waals surface area contributed by atoms with Crippen molar-refractivity contribution >= 4 is 0 Å². The molecule has 1 aromatic carbocycles. The van der Waals surface area contributed by atoms with E-state index in [2.05, 4.69) is 31.3 Å². The van der Waals surface area contributed by atoms with Crippen molar-refractivity contribution in [3.63, 3.8) is 0 Å². The lowest BCUT2D eigenvalue weighted by atomic mass is 10.1. The molecule has 3 unspecified atom stereocenters. The van der Waals surface area contributed by atoms with Crippen LogP contribution in [0.4, 0.5) is 0 Å². The maximum atomic E-state index is 9.81. The minimum Gasteiger partial charge on any atom is -0.488 e. The molecule has 0 aromatic heterocycles. The number of aliphatic hydroxyl groups is 1. The highest BCUT2D eigenvalue weighted by Crippen LogP contribution is 2.26.